The summed E-state index contributed by atoms with van der Waals surface area (Å²) in [5.74, 6) is -1.58. The zero-order valence-corrected chi connectivity index (χ0v) is 17.8. The lowest BCUT2D eigenvalue weighted by atomic mass is 9.78. The predicted molar refractivity (Wildman–Crippen MR) is 114 cm³/mol. The van der Waals surface area contributed by atoms with Crippen LogP contribution in [0, 0.1) is 11.7 Å². The van der Waals surface area contributed by atoms with Crippen molar-refractivity contribution in [3.8, 4) is 0 Å². The third-order valence-electron chi connectivity index (χ3n) is 6.76. The molecule has 2 atom stereocenters. The summed E-state index contributed by atoms with van der Waals surface area (Å²) < 4.78 is 13.3. The summed E-state index contributed by atoms with van der Waals surface area (Å²) in [4.78, 5) is 55.2. The van der Waals surface area contributed by atoms with Gasteiger partial charge in [0.1, 0.15) is 11.9 Å². The van der Waals surface area contributed by atoms with E-state index in [1.807, 2.05) is 0 Å². The first-order valence-electron chi connectivity index (χ1n) is 11.1. The summed E-state index contributed by atoms with van der Waals surface area (Å²) >= 11 is 0. The number of nitrogens with zero attached hydrogens (tertiary/aromatic N) is 2. The molecule has 4 amide bonds. The monoisotopic (exact) mass is 450 g/mol. The largest absolute Gasteiger partial charge is 0.343 e. The van der Waals surface area contributed by atoms with Crippen molar-refractivity contribution in [1.82, 2.24) is 20.5 Å². The molecule has 1 saturated carbocycles. The Labute approximate surface area is 189 Å². The summed E-state index contributed by atoms with van der Waals surface area (Å²) in [5.41, 5.74) is 2.14. The normalized spacial score (nSPS) is 21.3. The van der Waals surface area contributed by atoms with Crippen LogP contribution in [0.4, 0.5) is 4.39 Å². The summed E-state index contributed by atoms with van der Waals surface area (Å²) in [5, 5.41) is 5.32. The minimum Gasteiger partial charge on any atom is -0.343 e. The number of fused-ring (bicyclic) bond motifs is 1. The molecule has 9 heteroatoms. The second kappa shape index (κ2) is 8.38. The van der Waals surface area contributed by atoms with Gasteiger partial charge in [-0.15, -0.1) is 0 Å². The number of halogens is 1. The summed E-state index contributed by atoms with van der Waals surface area (Å²) in [6.07, 6.45) is 4.62. The first-order chi connectivity index (χ1) is 15.9. The maximum absolute atomic E-state index is 13.3. The van der Waals surface area contributed by atoms with Gasteiger partial charge in [0.25, 0.3) is 11.8 Å². The molecular formula is C24H23FN4O4. The van der Waals surface area contributed by atoms with E-state index in [-0.39, 0.29) is 49.1 Å². The Balaban J connectivity index is 1.34. The van der Waals surface area contributed by atoms with E-state index in [4.69, 9.17) is 0 Å². The van der Waals surface area contributed by atoms with Gasteiger partial charge in [-0.1, -0.05) is 6.42 Å². The average Bonchev–Trinajstić information content (AvgIpc) is 3.08. The molecular weight excluding hydrogens is 427 g/mol. The topological polar surface area (TPSA) is 108 Å². The van der Waals surface area contributed by atoms with Crippen LogP contribution in [-0.4, -0.2) is 39.6 Å². The number of pyridine rings is 1. The Kier molecular flexibility index (Phi) is 5.39. The van der Waals surface area contributed by atoms with E-state index < -0.39 is 17.8 Å². The lowest BCUT2D eigenvalue weighted by Gasteiger charge is -2.34. The highest BCUT2D eigenvalue weighted by Crippen LogP contribution is 2.37. The van der Waals surface area contributed by atoms with Crippen molar-refractivity contribution >= 4 is 23.6 Å². The van der Waals surface area contributed by atoms with Crippen LogP contribution in [0.5, 0.6) is 0 Å². The summed E-state index contributed by atoms with van der Waals surface area (Å²) in [6, 6.07) is 6.78. The van der Waals surface area contributed by atoms with Crippen LogP contribution in [0.15, 0.2) is 36.5 Å². The number of rotatable bonds is 5. The first-order valence-corrected chi connectivity index (χ1v) is 11.1. The Hall–Kier alpha value is -3.62. The number of piperidine rings is 1. The highest BCUT2D eigenvalue weighted by atomic mass is 19.1. The van der Waals surface area contributed by atoms with E-state index >= 15 is 0 Å². The van der Waals surface area contributed by atoms with Crippen molar-refractivity contribution < 1.29 is 23.6 Å². The van der Waals surface area contributed by atoms with Crippen molar-refractivity contribution in [2.75, 3.05) is 0 Å². The van der Waals surface area contributed by atoms with Crippen LogP contribution in [0.3, 0.4) is 0 Å². The smallest absolute Gasteiger partial charge is 0.255 e. The van der Waals surface area contributed by atoms with Gasteiger partial charge in [-0.2, -0.15) is 0 Å². The minimum atomic E-state index is -0.701. The molecule has 0 bridgehead atoms. The highest BCUT2D eigenvalue weighted by molar-refractivity contribution is 6.06. The van der Waals surface area contributed by atoms with Crippen LogP contribution in [0.2, 0.25) is 0 Å². The van der Waals surface area contributed by atoms with Crippen molar-refractivity contribution in [2.24, 2.45) is 5.92 Å². The van der Waals surface area contributed by atoms with E-state index in [9.17, 15) is 23.6 Å². The molecule has 33 heavy (non-hydrogen) atoms. The highest BCUT2D eigenvalue weighted by Gasteiger charge is 2.39. The molecule has 2 aromatic rings. The number of aromatic nitrogens is 1. The van der Waals surface area contributed by atoms with Crippen molar-refractivity contribution in [1.29, 1.82) is 0 Å². The Morgan fingerprint density at radius 2 is 1.97 bits per heavy atom. The fourth-order valence-corrected chi connectivity index (χ4v) is 4.72. The average molecular weight is 450 g/mol. The molecule has 0 spiro atoms. The third-order valence-corrected chi connectivity index (χ3v) is 6.76. The Bertz CT molecular complexity index is 1150. The molecule has 1 aliphatic carbocycles. The fraction of sp³-hybridized carbons (Fsp3) is 0.375. The number of hydrogen-bond donors (Lipinski definition) is 2. The number of nitrogens with one attached hydrogen (secondary N) is 2. The summed E-state index contributed by atoms with van der Waals surface area (Å²) in [7, 11) is 0. The quantitative estimate of drug-likeness (QED) is 0.680. The van der Waals surface area contributed by atoms with Gasteiger partial charge >= 0.3 is 0 Å². The minimum absolute atomic E-state index is 0.185. The van der Waals surface area contributed by atoms with E-state index in [1.165, 1.54) is 11.0 Å². The van der Waals surface area contributed by atoms with Crippen molar-refractivity contribution in [3.05, 3.63) is 64.7 Å². The zero-order valence-electron chi connectivity index (χ0n) is 17.8. The van der Waals surface area contributed by atoms with E-state index in [1.54, 1.807) is 24.3 Å². The maximum Gasteiger partial charge on any atom is 0.255 e. The number of amides is 4. The van der Waals surface area contributed by atoms with Crippen molar-refractivity contribution in [2.45, 2.75) is 50.7 Å². The van der Waals surface area contributed by atoms with Gasteiger partial charge in [-0.3, -0.25) is 29.5 Å². The van der Waals surface area contributed by atoms with Crippen LogP contribution < -0.4 is 10.6 Å². The predicted octanol–water partition coefficient (Wildman–Crippen LogP) is 2.25. The van der Waals surface area contributed by atoms with Gasteiger partial charge < -0.3 is 10.2 Å². The van der Waals surface area contributed by atoms with Crippen LogP contribution in [0.1, 0.15) is 70.1 Å². The Morgan fingerprint density at radius 3 is 2.64 bits per heavy atom. The Morgan fingerprint density at radius 1 is 1.15 bits per heavy atom. The van der Waals surface area contributed by atoms with Gasteiger partial charge in [0.15, 0.2) is 0 Å². The van der Waals surface area contributed by atoms with Gasteiger partial charge in [0.05, 0.1) is 17.9 Å². The molecule has 1 aromatic carbocycles. The molecule has 170 valence electrons. The number of carbonyl (C=O) groups is 4. The van der Waals surface area contributed by atoms with E-state index in [0.29, 0.717) is 22.4 Å². The number of carbonyl (C=O) groups excluding carboxylic acids is 4. The maximum atomic E-state index is 13.3. The third kappa shape index (κ3) is 3.99. The standard InChI is InChI=1S/C24H23FN4O4/c25-16-5-7-18(26-11-16)21(13-2-1-3-13)28-22(31)14-4-6-17-15(10-14)12-29(24(17)33)19-8-9-20(30)27-23(19)32/h4-7,10-11,13,19,21H,1-3,8-9,12H2,(H,28,31)(H,27,30,32)/t19-,21+/m1/s1. The lowest BCUT2D eigenvalue weighted by Crippen LogP contribution is -2.52. The van der Waals surface area contributed by atoms with Gasteiger partial charge in [-0.05, 0) is 61.1 Å². The van der Waals surface area contributed by atoms with Crippen LogP contribution in [-0.2, 0) is 16.1 Å². The number of benzene rings is 1. The number of hydrogen-bond acceptors (Lipinski definition) is 5. The second-order valence-corrected chi connectivity index (χ2v) is 8.82. The van der Waals surface area contributed by atoms with Crippen LogP contribution >= 0.6 is 0 Å². The molecule has 2 aliphatic heterocycles. The van der Waals surface area contributed by atoms with Gasteiger partial charge in [0, 0.05) is 24.1 Å². The lowest BCUT2D eigenvalue weighted by molar-refractivity contribution is -0.136. The SMILES string of the molecule is O=C1CC[C@@H](N2Cc3cc(C(=O)N[C@H](c4ccc(F)cn4)C4CCC4)ccc3C2=O)C(=O)N1. The van der Waals surface area contributed by atoms with Crippen molar-refractivity contribution in [3.63, 3.8) is 0 Å². The first kappa shape index (κ1) is 21.2. The zero-order chi connectivity index (χ0) is 23.1. The molecule has 5 rings (SSSR count). The van der Waals surface area contributed by atoms with Gasteiger partial charge in [-0.25, -0.2) is 4.39 Å². The molecule has 3 aliphatic rings. The molecule has 3 heterocycles. The van der Waals surface area contributed by atoms with Crippen LogP contribution in [0.25, 0.3) is 0 Å². The molecule has 0 unspecified atom stereocenters. The molecule has 0 radical (unpaired) electrons. The molecule has 2 fully saturated rings. The molecule has 8 nitrogen and oxygen atoms in total. The number of imide groups is 1. The molecule has 1 saturated heterocycles. The molecule has 2 N–H and O–H groups in total. The fourth-order valence-electron chi connectivity index (χ4n) is 4.72. The van der Waals surface area contributed by atoms with Gasteiger partial charge in [0.2, 0.25) is 11.8 Å². The van der Waals surface area contributed by atoms with E-state index in [2.05, 4.69) is 15.6 Å². The summed E-state index contributed by atoms with van der Waals surface area (Å²) in [6.45, 7) is 0.202. The second-order valence-electron chi connectivity index (χ2n) is 8.82. The van der Waals surface area contributed by atoms with E-state index in [0.717, 1.165) is 25.5 Å². The molecule has 1 aromatic heterocycles.